The van der Waals surface area contributed by atoms with E-state index in [9.17, 15) is 14.5 Å². The SMILES string of the molecule is Cc1nc(NN)nc(NCc2ccc(F)cc2)c1[N+](=O)[O-]. The highest BCUT2D eigenvalue weighted by Gasteiger charge is 2.21. The van der Waals surface area contributed by atoms with Crippen molar-refractivity contribution in [2.24, 2.45) is 5.84 Å². The second kappa shape index (κ2) is 6.09. The maximum absolute atomic E-state index is 12.8. The van der Waals surface area contributed by atoms with Gasteiger partial charge < -0.3 is 5.32 Å². The molecular formula is C12H13FN6O2. The van der Waals surface area contributed by atoms with Crippen molar-refractivity contribution in [3.63, 3.8) is 0 Å². The van der Waals surface area contributed by atoms with Gasteiger partial charge in [-0.15, -0.1) is 0 Å². The van der Waals surface area contributed by atoms with E-state index in [1.807, 2.05) is 0 Å². The summed E-state index contributed by atoms with van der Waals surface area (Å²) < 4.78 is 12.8. The molecule has 21 heavy (non-hydrogen) atoms. The van der Waals surface area contributed by atoms with Gasteiger partial charge in [0, 0.05) is 6.54 Å². The number of nitrogens with zero attached hydrogens (tertiary/aromatic N) is 3. The molecule has 2 rings (SSSR count). The van der Waals surface area contributed by atoms with E-state index in [1.54, 1.807) is 12.1 Å². The van der Waals surface area contributed by atoms with Crippen LogP contribution in [0.15, 0.2) is 24.3 Å². The van der Waals surface area contributed by atoms with E-state index >= 15 is 0 Å². The Kier molecular flexibility index (Phi) is 4.24. The quantitative estimate of drug-likeness (QED) is 0.436. The van der Waals surface area contributed by atoms with Gasteiger partial charge in [-0.1, -0.05) is 12.1 Å². The molecule has 8 nitrogen and oxygen atoms in total. The monoisotopic (exact) mass is 292 g/mol. The Hall–Kier alpha value is -2.81. The lowest BCUT2D eigenvalue weighted by Crippen LogP contribution is -2.14. The van der Waals surface area contributed by atoms with Crippen LogP contribution in [0.1, 0.15) is 11.3 Å². The lowest BCUT2D eigenvalue weighted by molar-refractivity contribution is -0.385. The average Bonchev–Trinajstić information content (AvgIpc) is 2.45. The maximum atomic E-state index is 12.8. The summed E-state index contributed by atoms with van der Waals surface area (Å²) in [5.41, 5.74) is 2.96. The summed E-state index contributed by atoms with van der Waals surface area (Å²) >= 11 is 0. The van der Waals surface area contributed by atoms with Crippen LogP contribution in [-0.4, -0.2) is 14.9 Å². The van der Waals surface area contributed by atoms with Gasteiger partial charge in [-0.25, -0.2) is 15.2 Å². The number of aryl methyl sites for hydroxylation is 1. The molecule has 110 valence electrons. The number of nitrogens with two attached hydrogens (primary N) is 1. The molecule has 0 radical (unpaired) electrons. The molecule has 1 aromatic heterocycles. The first-order chi connectivity index (χ1) is 10.0. The van der Waals surface area contributed by atoms with Crippen LogP contribution in [0.3, 0.4) is 0 Å². The van der Waals surface area contributed by atoms with Crippen molar-refractivity contribution in [3.05, 3.63) is 51.5 Å². The minimum absolute atomic E-state index is 0.0461. The van der Waals surface area contributed by atoms with Crippen molar-refractivity contribution in [1.29, 1.82) is 0 Å². The van der Waals surface area contributed by atoms with E-state index in [4.69, 9.17) is 5.84 Å². The number of hydrogen-bond donors (Lipinski definition) is 3. The summed E-state index contributed by atoms with van der Waals surface area (Å²) in [4.78, 5) is 18.3. The molecule has 0 fully saturated rings. The summed E-state index contributed by atoms with van der Waals surface area (Å²) in [5.74, 6) is 4.99. The number of rotatable bonds is 5. The van der Waals surface area contributed by atoms with Crippen LogP contribution in [0.4, 0.5) is 21.8 Å². The van der Waals surface area contributed by atoms with Crippen LogP contribution in [-0.2, 0) is 6.54 Å². The fraction of sp³-hybridized carbons (Fsp3) is 0.167. The van der Waals surface area contributed by atoms with Gasteiger partial charge in [0.15, 0.2) is 0 Å². The number of nitro groups is 1. The van der Waals surface area contributed by atoms with E-state index in [-0.39, 0.29) is 35.5 Å². The maximum Gasteiger partial charge on any atom is 0.332 e. The third kappa shape index (κ3) is 3.39. The van der Waals surface area contributed by atoms with Crippen LogP contribution in [0.25, 0.3) is 0 Å². The summed E-state index contributed by atoms with van der Waals surface area (Å²) in [7, 11) is 0. The molecule has 0 saturated carbocycles. The molecular weight excluding hydrogens is 279 g/mol. The van der Waals surface area contributed by atoms with Crippen molar-refractivity contribution in [2.75, 3.05) is 10.7 Å². The molecule has 0 saturated heterocycles. The van der Waals surface area contributed by atoms with E-state index in [1.165, 1.54) is 19.1 Å². The average molecular weight is 292 g/mol. The van der Waals surface area contributed by atoms with Gasteiger partial charge in [-0.05, 0) is 24.6 Å². The van der Waals surface area contributed by atoms with E-state index in [2.05, 4.69) is 20.7 Å². The number of nitrogen functional groups attached to an aromatic ring is 1. The summed E-state index contributed by atoms with van der Waals surface area (Å²) in [5, 5.41) is 13.9. The Bertz CT molecular complexity index is 662. The first-order valence-corrected chi connectivity index (χ1v) is 5.99. The van der Waals surface area contributed by atoms with Crippen molar-refractivity contribution in [1.82, 2.24) is 9.97 Å². The third-order valence-electron chi connectivity index (χ3n) is 2.74. The molecule has 0 bridgehead atoms. The zero-order chi connectivity index (χ0) is 15.4. The van der Waals surface area contributed by atoms with Gasteiger partial charge in [-0.3, -0.25) is 15.5 Å². The van der Waals surface area contributed by atoms with Gasteiger partial charge in [-0.2, -0.15) is 4.98 Å². The fourth-order valence-electron chi connectivity index (χ4n) is 1.76. The van der Waals surface area contributed by atoms with Crippen LogP contribution < -0.4 is 16.6 Å². The molecule has 0 atom stereocenters. The first-order valence-electron chi connectivity index (χ1n) is 5.99. The number of halogens is 1. The minimum Gasteiger partial charge on any atom is -0.360 e. The molecule has 4 N–H and O–H groups in total. The number of aromatic nitrogens is 2. The molecule has 1 aromatic carbocycles. The van der Waals surface area contributed by atoms with E-state index in [0.717, 1.165) is 5.56 Å². The fourth-order valence-corrected chi connectivity index (χ4v) is 1.76. The Morgan fingerprint density at radius 3 is 2.57 bits per heavy atom. The topological polar surface area (TPSA) is 119 Å². The number of hydrogen-bond acceptors (Lipinski definition) is 7. The Morgan fingerprint density at radius 1 is 1.33 bits per heavy atom. The largest absolute Gasteiger partial charge is 0.360 e. The van der Waals surface area contributed by atoms with Gasteiger partial charge in [0.25, 0.3) is 0 Å². The van der Waals surface area contributed by atoms with Crippen LogP contribution >= 0.6 is 0 Å². The van der Waals surface area contributed by atoms with E-state index < -0.39 is 4.92 Å². The predicted octanol–water partition coefficient (Wildman–Crippen LogP) is 1.73. The van der Waals surface area contributed by atoms with Crippen LogP contribution in [0, 0.1) is 22.9 Å². The summed E-state index contributed by atoms with van der Waals surface area (Å²) in [6.45, 7) is 1.74. The van der Waals surface area contributed by atoms with Gasteiger partial charge in [0.05, 0.1) is 4.92 Å². The smallest absolute Gasteiger partial charge is 0.332 e. The summed E-state index contributed by atoms with van der Waals surface area (Å²) in [6.07, 6.45) is 0. The number of anilines is 2. The molecule has 9 heteroatoms. The number of hydrazine groups is 1. The van der Waals surface area contributed by atoms with Crippen molar-refractivity contribution in [2.45, 2.75) is 13.5 Å². The number of benzene rings is 1. The molecule has 0 spiro atoms. The lowest BCUT2D eigenvalue weighted by Gasteiger charge is -2.09. The number of nitrogens with one attached hydrogen (secondary N) is 2. The molecule has 0 aliphatic carbocycles. The Balaban J connectivity index is 2.27. The highest BCUT2D eigenvalue weighted by molar-refractivity contribution is 5.60. The van der Waals surface area contributed by atoms with Crippen molar-refractivity contribution >= 4 is 17.5 Å². The second-order valence-electron chi connectivity index (χ2n) is 4.21. The van der Waals surface area contributed by atoms with Crippen LogP contribution in [0.2, 0.25) is 0 Å². The highest BCUT2D eigenvalue weighted by Crippen LogP contribution is 2.26. The Labute approximate surface area is 119 Å². The molecule has 1 heterocycles. The second-order valence-corrected chi connectivity index (χ2v) is 4.21. The van der Waals surface area contributed by atoms with Crippen molar-refractivity contribution in [3.8, 4) is 0 Å². The van der Waals surface area contributed by atoms with Gasteiger partial charge in [0.1, 0.15) is 11.5 Å². The van der Waals surface area contributed by atoms with Gasteiger partial charge >= 0.3 is 5.69 Å². The lowest BCUT2D eigenvalue weighted by atomic mass is 10.2. The zero-order valence-corrected chi connectivity index (χ0v) is 11.1. The Morgan fingerprint density at radius 2 is 2.00 bits per heavy atom. The summed E-state index contributed by atoms with van der Waals surface area (Å²) in [6, 6.07) is 5.77. The van der Waals surface area contributed by atoms with Crippen molar-refractivity contribution < 1.29 is 9.31 Å². The standard InChI is InChI=1S/C12H13FN6O2/c1-7-10(19(20)21)11(17-12(16-7)18-14)15-6-8-2-4-9(13)5-3-8/h2-5H,6,14H2,1H3,(H2,15,16,17,18). The van der Waals surface area contributed by atoms with Crippen LogP contribution in [0.5, 0.6) is 0 Å². The molecule has 0 aliphatic heterocycles. The molecule has 0 aliphatic rings. The molecule has 2 aromatic rings. The third-order valence-corrected chi connectivity index (χ3v) is 2.74. The molecule has 0 unspecified atom stereocenters. The first kappa shape index (κ1) is 14.6. The normalized spacial score (nSPS) is 10.2. The van der Waals surface area contributed by atoms with Gasteiger partial charge in [0.2, 0.25) is 11.8 Å². The van der Waals surface area contributed by atoms with E-state index in [0.29, 0.717) is 0 Å². The highest BCUT2D eigenvalue weighted by atomic mass is 19.1. The molecule has 0 amide bonds. The predicted molar refractivity (Wildman–Crippen MR) is 75.0 cm³/mol. The zero-order valence-electron chi connectivity index (χ0n) is 11.1. The minimum atomic E-state index is -0.567.